The maximum atomic E-state index is 12.3. The van der Waals surface area contributed by atoms with Crippen molar-refractivity contribution in [1.29, 1.82) is 0 Å². The van der Waals surface area contributed by atoms with E-state index in [9.17, 15) is 8.78 Å². The zero-order chi connectivity index (χ0) is 14.8. The fourth-order valence-electron chi connectivity index (χ4n) is 2.23. The van der Waals surface area contributed by atoms with Crippen molar-refractivity contribution in [2.45, 2.75) is 12.7 Å². The molecule has 0 saturated heterocycles. The summed E-state index contributed by atoms with van der Waals surface area (Å²) in [6.07, 6.45) is -0.266. The number of rotatable bonds is 3. The number of para-hydroxylation sites is 1. The van der Waals surface area contributed by atoms with Crippen LogP contribution in [0.2, 0.25) is 0 Å². The third-order valence-electron chi connectivity index (χ3n) is 3.16. The Morgan fingerprint density at radius 3 is 2.86 bits per heavy atom. The molecular weight excluding hydrogens is 344 g/mol. The van der Waals surface area contributed by atoms with E-state index in [1.54, 1.807) is 12.1 Å². The molecule has 1 aliphatic rings. The van der Waals surface area contributed by atoms with Crippen LogP contribution in [0.1, 0.15) is 11.7 Å². The third kappa shape index (κ3) is 3.10. The van der Waals surface area contributed by atoms with Crippen LogP contribution in [0.5, 0.6) is 11.5 Å². The van der Waals surface area contributed by atoms with Crippen molar-refractivity contribution in [3.8, 4) is 11.5 Å². The van der Waals surface area contributed by atoms with Crippen LogP contribution in [0.4, 0.5) is 14.5 Å². The van der Waals surface area contributed by atoms with Crippen molar-refractivity contribution >= 4 is 21.6 Å². The molecule has 0 aliphatic carbocycles. The van der Waals surface area contributed by atoms with Crippen LogP contribution in [-0.4, -0.2) is 13.2 Å². The number of benzene rings is 2. The molecule has 110 valence electrons. The SMILES string of the molecule is FC(F)Oc1cccc(C2CNc3cccc(Br)c3O2)c1. The molecule has 0 saturated carbocycles. The molecule has 3 nitrogen and oxygen atoms in total. The summed E-state index contributed by atoms with van der Waals surface area (Å²) in [6.45, 7) is -2.28. The van der Waals surface area contributed by atoms with Gasteiger partial charge in [0.05, 0.1) is 16.7 Å². The smallest absolute Gasteiger partial charge is 0.387 e. The third-order valence-corrected chi connectivity index (χ3v) is 3.78. The molecule has 2 aromatic rings. The van der Waals surface area contributed by atoms with Crippen molar-refractivity contribution in [3.05, 3.63) is 52.5 Å². The molecule has 1 atom stereocenters. The molecule has 0 bridgehead atoms. The van der Waals surface area contributed by atoms with E-state index in [0.717, 1.165) is 15.7 Å². The Labute approximate surface area is 129 Å². The van der Waals surface area contributed by atoms with Crippen molar-refractivity contribution < 1.29 is 18.3 Å². The van der Waals surface area contributed by atoms with Gasteiger partial charge in [-0.15, -0.1) is 0 Å². The fraction of sp³-hybridized carbons (Fsp3) is 0.200. The summed E-state index contributed by atoms with van der Waals surface area (Å²) in [4.78, 5) is 0. The number of halogens is 3. The minimum Gasteiger partial charge on any atom is -0.481 e. The van der Waals surface area contributed by atoms with Gasteiger partial charge in [-0.25, -0.2) is 0 Å². The molecule has 0 fully saturated rings. The van der Waals surface area contributed by atoms with Crippen LogP contribution in [0.15, 0.2) is 46.9 Å². The molecule has 1 N–H and O–H groups in total. The van der Waals surface area contributed by atoms with E-state index < -0.39 is 6.61 Å². The Bertz CT molecular complexity index is 651. The van der Waals surface area contributed by atoms with Crippen molar-refractivity contribution in [2.24, 2.45) is 0 Å². The Balaban J connectivity index is 1.84. The molecule has 0 spiro atoms. The first-order valence-electron chi connectivity index (χ1n) is 6.37. The molecule has 0 amide bonds. The van der Waals surface area contributed by atoms with Gasteiger partial charge in [0, 0.05) is 0 Å². The summed E-state index contributed by atoms with van der Waals surface area (Å²) in [5.74, 6) is 0.845. The Hall–Kier alpha value is -1.82. The van der Waals surface area contributed by atoms with Gasteiger partial charge in [-0.2, -0.15) is 8.78 Å². The summed E-state index contributed by atoms with van der Waals surface area (Å²) in [6, 6.07) is 12.3. The van der Waals surface area contributed by atoms with Crippen molar-refractivity contribution in [1.82, 2.24) is 0 Å². The second-order valence-electron chi connectivity index (χ2n) is 4.55. The van der Waals surface area contributed by atoms with E-state index in [2.05, 4.69) is 26.0 Å². The predicted octanol–water partition coefficient (Wildman–Crippen LogP) is 4.60. The number of nitrogens with one attached hydrogen (secondary N) is 1. The second kappa shape index (κ2) is 5.89. The topological polar surface area (TPSA) is 30.5 Å². The number of ether oxygens (including phenoxy) is 2. The molecule has 0 aromatic heterocycles. The summed E-state index contributed by atoms with van der Waals surface area (Å²) >= 11 is 3.44. The monoisotopic (exact) mass is 355 g/mol. The number of alkyl halides is 2. The van der Waals surface area contributed by atoms with E-state index in [-0.39, 0.29) is 11.9 Å². The number of fused-ring (bicyclic) bond motifs is 1. The lowest BCUT2D eigenvalue weighted by molar-refractivity contribution is -0.0499. The standard InChI is InChI=1S/C15H12BrF2NO2/c16-11-5-2-6-12-14(11)21-13(8-19-12)9-3-1-4-10(7-9)20-15(17)18/h1-7,13,15,19H,8H2. The Kier molecular flexibility index (Phi) is 3.96. The van der Waals surface area contributed by atoms with Gasteiger partial charge in [0.2, 0.25) is 0 Å². The molecular formula is C15H12BrF2NO2. The first-order chi connectivity index (χ1) is 10.1. The summed E-state index contributed by atoms with van der Waals surface area (Å²) in [5, 5.41) is 3.27. The van der Waals surface area contributed by atoms with Crippen LogP contribution in [0.3, 0.4) is 0 Å². The van der Waals surface area contributed by atoms with Gasteiger partial charge in [-0.1, -0.05) is 18.2 Å². The van der Waals surface area contributed by atoms with Crippen LogP contribution in [-0.2, 0) is 0 Å². The molecule has 0 radical (unpaired) electrons. The van der Waals surface area contributed by atoms with E-state index in [0.29, 0.717) is 12.3 Å². The highest BCUT2D eigenvalue weighted by Crippen LogP contribution is 2.40. The Morgan fingerprint density at radius 2 is 2.05 bits per heavy atom. The Morgan fingerprint density at radius 1 is 1.24 bits per heavy atom. The lowest BCUT2D eigenvalue weighted by atomic mass is 10.1. The molecule has 21 heavy (non-hydrogen) atoms. The van der Waals surface area contributed by atoms with Crippen LogP contribution < -0.4 is 14.8 Å². The largest absolute Gasteiger partial charge is 0.481 e. The minimum absolute atomic E-state index is 0.129. The number of hydrogen-bond acceptors (Lipinski definition) is 3. The minimum atomic E-state index is -2.83. The highest BCUT2D eigenvalue weighted by molar-refractivity contribution is 9.10. The average Bonchev–Trinajstić information content (AvgIpc) is 2.47. The van der Waals surface area contributed by atoms with Crippen LogP contribution >= 0.6 is 15.9 Å². The highest BCUT2D eigenvalue weighted by atomic mass is 79.9. The maximum absolute atomic E-state index is 12.3. The van der Waals surface area contributed by atoms with Gasteiger partial charge in [0.1, 0.15) is 11.9 Å². The van der Waals surface area contributed by atoms with E-state index >= 15 is 0 Å². The van der Waals surface area contributed by atoms with Gasteiger partial charge < -0.3 is 14.8 Å². The number of hydrogen-bond donors (Lipinski definition) is 1. The van der Waals surface area contributed by atoms with E-state index in [4.69, 9.17) is 4.74 Å². The predicted molar refractivity (Wildman–Crippen MR) is 79.1 cm³/mol. The molecule has 2 aromatic carbocycles. The highest BCUT2D eigenvalue weighted by Gasteiger charge is 2.23. The molecule has 1 heterocycles. The van der Waals surface area contributed by atoms with Crippen LogP contribution in [0, 0.1) is 0 Å². The normalized spacial score (nSPS) is 16.9. The summed E-state index contributed by atoms with van der Waals surface area (Å²) in [5.41, 5.74) is 1.68. The van der Waals surface area contributed by atoms with Gasteiger partial charge >= 0.3 is 6.61 Å². The first-order valence-corrected chi connectivity index (χ1v) is 7.16. The second-order valence-corrected chi connectivity index (χ2v) is 5.41. The van der Waals surface area contributed by atoms with Crippen LogP contribution in [0.25, 0.3) is 0 Å². The number of anilines is 1. The summed E-state index contributed by atoms with van der Waals surface area (Å²) in [7, 11) is 0. The van der Waals surface area contributed by atoms with Gasteiger partial charge in [0.25, 0.3) is 0 Å². The fourth-order valence-corrected chi connectivity index (χ4v) is 2.69. The van der Waals surface area contributed by atoms with Gasteiger partial charge in [-0.05, 0) is 45.8 Å². The van der Waals surface area contributed by atoms with Crippen molar-refractivity contribution in [2.75, 3.05) is 11.9 Å². The first kappa shape index (κ1) is 14.1. The molecule has 1 aliphatic heterocycles. The lowest BCUT2D eigenvalue weighted by Gasteiger charge is -2.28. The zero-order valence-electron chi connectivity index (χ0n) is 10.9. The summed E-state index contributed by atoms with van der Waals surface area (Å²) < 4.78 is 35.8. The van der Waals surface area contributed by atoms with Gasteiger partial charge in [-0.3, -0.25) is 0 Å². The van der Waals surface area contributed by atoms with Crippen molar-refractivity contribution in [3.63, 3.8) is 0 Å². The van der Waals surface area contributed by atoms with E-state index in [1.165, 1.54) is 6.07 Å². The zero-order valence-corrected chi connectivity index (χ0v) is 12.4. The lowest BCUT2D eigenvalue weighted by Crippen LogP contribution is -2.23. The quantitative estimate of drug-likeness (QED) is 0.872. The average molecular weight is 356 g/mol. The molecule has 1 unspecified atom stereocenters. The maximum Gasteiger partial charge on any atom is 0.387 e. The molecule has 6 heteroatoms. The van der Waals surface area contributed by atoms with E-state index in [1.807, 2.05) is 24.3 Å². The van der Waals surface area contributed by atoms with Gasteiger partial charge in [0.15, 0.2) is 5.75 Å². The molecule has 3 rings (SSSR count).